The molecule has 1 atom stereocenters. The van der Waals surface area contributed by atoms with Gasteiger partial charge in [0.25, 0.3) is 0 Å². The van der Waals surface area contributed by atoms with Crippen molar-refractivity contribution in [2.75, 3.05) is 20.2 Å². The molecule has 1 aromatic heterocycles. The number of hydrogen-bond acceptors (Lipinski definition) is 5. The van der Waals surface area contributed by atoms with Crippen molar-refractivity contribution in [2.24, 2.45) is 5.41 Å². The van der Waals surface area contributed by atoms with Gasteiger partial charge in [-0.25, -0.2) is 18.0 Å². The molecule has 6 nitrogen and oxygen atoms in total. The second-order valence-corrected chi connectivity index (χ2v) is 17.3. The summed E-state index contributed by atoms with van der Waals surface area (Å²) >= 11 is 0. The summed E-state index contributed by atoms with van der Waals surface area (Å²) in [5, 5.41) is 0. The van der Waals surface area contributed by atoms with Gasteiger partial charge in [0.1, 0.15) is 17.2 Å². The molecule has 1 unspecified atom stereocenters. The molecule has 0 spiro atoms. The maximum atomic E-state index is 15.8. The van der Waals surface area contributed by atoms with E-state index in [2.05, 4.69) is 13.8 Å². The number of alkyl halides is 5. The van der Waals surface area contributed by atoms with Crippen LogP contribution in [0.2, 0.25) is 0 Å². The van der Waals surface area contributed by atoms with Crippen molar-refractivity contribution in [1.29, 1.82) is 0 Å². The van der Waals surface area contributed by atoms with Crippen molar-refractivity contribution in [3.8, 4) is 5.75 Å². The first kappa shape index (κ1) is 40.9. The molecule has 2 fully saturated rings. The Kier molecular flexibility index (Phi) is 11.6. The molecule has 3 aliphatic rings. The van der Waals surface area contributed by atoms with Crippen LogP contribution in [0, 0.1) is 11.2 Å². The van der Waals surface area contributed by atoms with Crippen LogP contribution < -0.4 is 4.74 Å². The molecule has 0 radical (unpaired) electrons. The average molecular weight is 775 g/mol. The second-order valence-electron chi connectivity index (χ2n) is 17.3. The fourth-order valence-electron chi connectivity index (χ4n) is 8.45. The molecule has 2 aliphatic carbocycles. The molecule has 2 heterocycles. The fourth-order valence-corrected chi connectivity index (χ4v) is 8.45. The summed E-state index contributed by atoms with van der Waals surface area (Å²) in [7, 11) is 1.59. The Hall–Kier alpha value is -3.80. The third-order valence-electron chi connectivity index (χ3n) is 11.2. The summed E-state index contributed by atoms with van der Waals surface area (Å²) in [6, 6.07) is 10.1. The summed E-state index contributed by atoms with van der Waals surface area (Å²) < 4.78 is 104. The van der Waals surface area contributed by atoms with Crippen LogP contribution in [0.5, 0.6) is 5.75 Å². The Balaban J connectivity index is 1.48. The first-order valence-corrected chi connectivity index (χ1v) is 19.2. The predicted molar refractivity (Wildman–Crippen MR) is 197 cm³/mol. The Morgan fingerprint density at radius 1 is 0.927 bits per heavy atom. The Morgan fingerprint density at radius 2 is 1.58 bits per heavy atom. The lowest BCUT2D eigenvalue weighted by Gasteiger charge is -2.42. The number of hydrogen-bond donors (Lipinski definition) is 0. The van der Waals surface area contributed by atoms with Crippen molar-refractivity contribution in [3.63, 3.8) is 0 Å². The molecule has 2 aromatic carbocycles. The lowest BCUT2D eigenvalue weighted by atomic mass is 9.68. The van der Waals surface area contributed by atoms with Crippen LogP contribution in [0.3, 0.4) is 0 Å². The van der Waals surface area contributed by atoms with Crippen LogP contribution in [0.1, 0.15) is 142 Å². The van der Waals surface area contributed by atoms with Crippen LogP contribution in [0.25, 0.3) is 0 Å². The van der Waals surface area contributed by atoms with Gasteiger partial charge in [0, 0.05) is 55.2 Å². The van der Waals surface area contributed by atoms with Gasteiger partial charge in [0.15, 0.2) is 0 Å². The molecule has 0 N–H and O–H groups in total. The zero-order valence-corrected chi connectivity index (χ0v) is 32.6. The number of pyridine rings is 1. The number of carbonyl (C=O) groups excluding carboxylic acids is 1. The summed E-state index contributed by atoms with van der Waals surface area (Å²) in [5.74, 6) is -3.60. The largest absolute Gasteiger partial charge is 0.497 e. The molecule has 1 saturated carbocycles. The van der Waals surface area contributed by atoms with Crippen LogP contribution in [0.15, 0.2) is 42.5 Å². The maximum absolute atomic E-state index is 15.8. The van der Waals surface area contributed by atoms with Crippen LogP contribution in [-0.4, -0.2) is 47.7 Å². The second kappa shape index (κ2) is 15.6. The number of benzene rings is 2. The zero-order chi connectivity index (χ0) is 39.9. The number of fused-ring (bicyclic) bond motifs is 1. The van der Waals surface area contributed by atoms with E-state index in [4.69, 9.17) is 19.2 Å². The third kappa shape index (κ3) is 9.78. The van der Waals surface area contributed by atoms with Crippen molar-refractivity contribution in [1.82, 2.24) is 9.88 Å². The molecule has 55 heavy (non-hydrogen) atoms. The number of carbonyl (C=O) groups is 1. The van der Waals surface area contributed by atoms with E-state index < -0.39 is 41.3 Å². The van der Waals surface area contributed by atoms with E-state index in [9.17, 15) is 26.7 Å². The molecule has 300 valence electrons. The summed E-state index contributed by atoms with van der Waals surface area (Å²) in [5.41, 5.74) is 2.81. The Bertz CT molecular complexity index is 1840. The van der Waals surface area contributed by atoms with Crippen LogP contribution in [0.4, 0.5) is 31.1 Å². The van der Waals surface area contributed by atoms with Crippen molar-refractivity contribution < 1.29 is 45.3 Å². The first-order valence-electron chi connectivity index (χ1n) is 19.2. The van der Waals surface area contributed by atoms with Crippen molar-refractivity contribution >= 4 is 6.09 Å². The monoisotopic (exact) mass is 774 g/mol. The molecular formula is C43H52F6N2O4. The van der Waals surface area contributed by atoms with Gasteiger partial charge in [0.2, 0.25) is 5.92 Å². The minimum atomic E-state index is -4.72. The molecule has 1 saturated heterocycles. The van der Waals surface area contributed by atoms with Crippen LogP contribution in [-0.2, 0) is 35.1 Å². The van der Waals surface area contributed by atoms with E-state index >= 15 is 4.39 Å². The SMILES string of the molecule is COc1ccc(COC2CC(C)(C)Cc3nc(C4CCN(C(=O)OC(C)(C)C)CC4)c(Cc4ccc(C(F)(F)F)cc4F)c(C4CCC(F)(F)CC4)c32)cc1. The molecule has 6 rings (SSSR count). The molecule has 1 amide bonds. The molecule has 0 bridgehead atoms. The number of halogens is 6. The number of likely N-dealkylation sites (tertiary alicyclic amines) is 1. The van der Waals surface area contributed by atoms with Gasteiger partial charge in [-0.2, -0.15) is 13.2 Å². The van der Waals surface area contributed by atoms with Gasteiger partial charge in [-0.05, 0) is 117 Å². The number of amides is 1. The Morgan fingerprint density at radius 3 is 2.16 bits per heavy atom. The van der Waals surface area contributed by atoms with Crippen molar-refractivity contribution in [2.45, 2.75) is 135 Å². The number of aromatic nitrogens is 1. The molecule has 1 aliphatic heterocycles. The van der Waals surface area contributed by atoms with E-state index in [1.54, 1.807) is 32.8 Å². The van der Waals surface area contributed by atoms with E-state index in [1.807, 2.05) is 24.3 Å². The van der Waals surface area contributed by atoms with Gasteiger partial charge >= 0.3 is 12.3 Å². The molecule has 3 aromatic rings. The highest BCUT2D eigenvalue weighted by molar-refractivity contribution is 5.68. The first-order chi connectivity index (χ1) is 25.7. The lowest BCUT2D eigenvalue weighted by molar-refractivity contribution is -0.137. The van der Waals surface area contributed by atoms with E-state index in [1.165, 1.54) is 6.07 Å². The van der Waals surface area contributed by atoms with Gasteiger partial charge in [-0.1, -0.05) is 32.0 Å². The number of ether oxygens (including phenoxy) is 3. The van der Waals surface area contributed by atoms with Gasteiger partial charge < -0.3 is 19.1 Å². The molecular weight excluding hydrogens is 722 g/mol. The zero-order valence-electron chi connectivity index (χ0n) is 32.6. The number of methoxy groups -OCH3 is 1. The Labute approximate surface area is 319 Å². The van der Waals surface area contributed by atoms with Crippen LogP contribution >= 0.6 is 0 Å². The number of rotatable bonds is 8. The highest BCUT2D eigenvalue weighted by atomic mass is 19.4. The highest BCUT2D eigenvalue weighted by Crippen LogP contribution is 2.52. The summed E-state index contributed by atoms with van der Waals surface area (Å²) in [6.45, 7) is 10.7. The fraction of sp³-hybridized carbons (Fsp3) is 0.581. The number of nitrogens with zero attached hydrogens (tertiary/aromatic N) is 2. The standard InChI is InChI=1S/C43H52F6N2O4/c1-40(2,3)55-39(52)51-19-15-28(16-20-51)38-32(21-29-9-10-30(22-33(29)44)43(47,48)49)36(27-13-17-42(45,46)18-14-27)37-34(50-38)23-41(4,5)24-35(37)54-25-26-7-11-31(53-6)12-8-26/h7-12,22,27-28,35H,13-21,23-25H2,1-6H3. The normalized spacial score (nSPS) is 20.6. The minimum absolute atomic E-state index is 0.0661. The quantitative estimate of drug-likeness (QED) is 0.213. The van der Waals surface area contributed by atoms with Crippen molar-refractivity contribution in [3.05, 3.63) is 93.1 Å². The highest BCUT2D eigenvalue weighted by Gasteiger charge is 2.43. The smallest absolute Gasteiger partial charge is 0.416 e. The lowest BCUT2D eigenvalue weighted by Crippen LogP contribution is -2.41. The number of piperidine rings is 1. The van der Waals surface area contributed by atoms with Gasteiger partial charge in [0.05, 0.1) is 25.4 Å². The van der Waals surface area contributed by atoms with Gasteiger partial charge in [-0.3, -0.25) is 4.98 Å². The summed E-state index contributed by atoms with van der Waals surface area (Å²) in [4.78, 5) is 20.0. The summed E-state index contributed by atoms with van der Waals surface area (Å²) in [6.07, 6.45) is -3.65. The third-order valence-corrected chi connectivity index (χ3v) is 11.2. The van der Waals surface area contributed by atoms with Gasteiger partial charge in [-0.15, -0.1) is 0 Å². The minimum Gasteiger partial charge on any atom is -0.497 e. The predicted octanol–water partition coefficient (Wildman–Crippen LogP) is 11.5. The van der Waals surface area contributed by atoms with E-state index in [-0.39, 0.29) is 61.5 Å². The topological polar surface area (TPSA) is 60.9 Å². The van der Waals surface area contributed by atoms with E-state index in [0.717, 1.165) is 28.5 Å². The molecule has 12 heteroatoms. The maximum Gasteiger partial charge on any atom is 0.416 e. The average Bonchev–Trinajstić information content (AvgIpc) is 3.10. The van der Waals surface area contributed by atoms with E-state index in [0.29, 0.717) is 61.8 Å².